The average molecular weight is 288 g/mol. The van der Waals surface area contributed by atoms with Crippen molar-refractivity contribution in [2.45, 2.75) is 45.1 Å². The van der Waals surface area contributed by atoms with Crippen LogP contribution in [0.2, 0.25) is 0 Å². The SMILES string of the molecule is CN1C(C=O)=CN2C=CC(B3OC(C)(C)C(C)(C)O3)=CC21. The van der Waals surface area contributed by atoms with E-state index in [2.05, 4.69) is 6.08 Å². The van der Waals surface area contributed by atoms with Crippen molar-refractivity contribution in [1.82, 2.24) is 9.80 Å². The highest BCUT2D eigenvalue weighted by atomic mass is 16.7. The summed E-state index contributed by atoms with van der Waals surface area (Å²) in [7, 11) is 1.53. The van der Waals surface area contributed by atoms with E-state index in [0.717, 1.165) is 11.8 Å². The number of aldehydes is 1. The highest BCUT2D eigenvalue weighted by Gasteiger charge is 2.52. The van der Waals surface area contributed by atoms with Gasteiger partial charge in [0.15, 0.2) is 6.29 Å². The lowest BCUT2D eigenvalue weighted by molar-refractivity contribution is -0.106. The molecule has 3 rings (SSSR count). The summed E-state index contributed by atoms with van der Waals surface area (Å²) in [5.74, 6) is 0. The van der Waals surface area contributed by atoms with Gasteiger partial charge in [-0.25, -0.2) is 0 Å². The molecule has 6 heteroatoms. The minimum atomic E-state index is -0.373. The molecule has 0 bridgehead atoms. The Balaban J connectivity index is 1.83. The third kappa shape index (κ3) is 2.13. The maximum atomic E-state index is 11.0. The normalized spacial score (nSPS) is 29.4. The zero-order valence-electron chi connectivity index (χ0n) is 13.2. The number of hydrogen-bond acceptors (Lipinski definition) is 5. The molecule has 0 N–H and O–H groups in total. The van der Waals surface area contributed by atoms with Crippen molar-refractivity contribution in [2.24, 2.45) is 0 Å². The molecule has 3 aliphatic heterocycles. The molecule has 0 aromatic rings. The first-order chi connectivity index (χ1) is 9.75. The van der Waals surface area contributed by atoms with Crippen LogP contribution in [0.3, 0.4) is 0 Å². The van der Waals surface area contributed by atoms with Crippen molar-refractivity contribution in [3.05, 3.63) is 35.7 Å². The summed E-state index contributed by atoms with van der Waals surface area (Å²) < 4.78 is 12.2. The van der Waals surface area contributed by atoms with Crippen molar-refractivity contribution >= 4 is 13.4 Å². The zero-order valence-corrected chi connectivity index (χ0v) is 13.2. The van der Waals surface area contributed by atoms with Gasteiger partial charge < -0.3 is 19.1 Å². The number of fused-ring (bicyclic) bond motifs is 1. The van der Waals surface area contributed by atoms with Crippen LogP contribution in [-0.2, 0) is 14.1 Å². The fourth-order valence-electron chi connectivity index (χ4n) is 2.65. The highest BCUT2D eigenvalue weighted by Crippen LogP contribution is 2.39. The minimum absolute atomic E-state index is 0.00391. The number of rotatable bonds is 2. The molecule has 1 saturated heterocycles. The smallest absolute Gasteiger partial charge is 0.399 e. The Morgan fingerprint density at radius 1 is 1.24 bits per heavy atom. The van der Waals surface area contributed by atoms with Gasteiger partial charge in [0, 0.05) is 19.4 Å². The fourth-order valence-corrected chi connectivity index (χ4v) is 2.65. The topological polar surface area (TPSA) is 42.0 Å². The summed E-state index contributed by atoms with van der Waals surface area (Å²) in [5.41, 5.74) is 0.951. The first kappa shape index (κ1) is 14.4. The average Bonchev–Trinajstić information content (AvgIpc) is 2.84. The number of carbonyl (C=O) groups is 1. The van der Waals surface area contributed by atoms with Crippen LogP contribution in [0.15, 0.2) is 35.7 Å². The maximum Gasteiger partial charge on any atom is 0.494 e. The molecule has 0 spiro atoms. The molecule has 0 radical (unpaired) electrons. The quantitative estimate of drug-likeness (QED) is 0.571. The second-order valence-electron chi connectivity index (χ2n) is 6.71. The Morgan fingerprint density at radius 3 is 2.43 bits per heavy atom. The van der Waals surface area contributed by atoms with Crippen LogP contribution < -0.4 is 0 Å². The predicted octanol–water partition coefficient (Wildman–Crippen LogP) is 1.69. The first-order valence-corrected chi connectivity index (χ1v) is 7.18. The molecule has 3 heterocycles. The lowest BCUT2D eigenvalue weighted by Gasteiger charge is -2.32. The van der Waals surface area contributed by atoms with Gasteiger partial charge in [0.1, 0.15) is 6.17 Å². The predicted molar refractivity (Wildman–Crippen MR) is 80.8 cm³/mol. The van der Waals surface area contributed by atoms with Crippen molar-refractivity contribution in [2.75, 3.05) is 7.05 Å². The van der Waals surface area contributed by atoms with Gasteiger partial charge in [0.2, 0.25) is 0 Å². The number of carbonyl (C=O) groups excluding carboxylic acids is 1. The van der Waals surface area contributed by atoms with Crippen LogP contribution in [0.4, 0.5) is 0 Å². The summed E-state index contributed by atoms with van der Waals surface area (Å²) >= 11 is 0. The molecule has 3 aliphatic rings. The number of hydrogen-bond donors (Lipinski definition) is 0. The molecule has 0 aliphatic carbocycles. The van der Waals surface area contributed by atoms with E-state index >= 15 is 0 Å². The van der Waals surface area contributed by atoms with E-state index in [4.69, 9.17) is 9.31 Å². The van der Waals surface area contributed by atoms with Crippen LogP contribution in [-0.4, -0.2) is 47.6 Å². The van der Waals surface area contributed by atoms with E-state index in [1.807, 2.05) is 63.0 Å². The van der Waals surface area contributed by atoms with Gasteiger partial charge in [-0.3, -0.25) is 4.79 Å². The fraction of sp³-hybridized carbons (Fsp3) is 0.533. The third-order valence-electron chi connectivity index (χ3n) is 4.82. The van der Waals surface area contributed by atoms with Gasteiger partial charge >= 0.3 is 7.12 Å². The summed E-state index contributed by atoms with van der Waals surface area (Å²) in [6, 6.07) is 0. The molecule has 5 nitrogen and oxygen atoms in total. The van der Waals surface area contributed by atoms with Gasteiger partial charge in [-0.1, -0.05) is 0 Å². The van der Waals surface area contributed by atoms with Crippen LogP contribution in [0.25, 0.3) is 0 Å². The van der Waals surface area contributed by atoms with E-state index in [9.17, 15) is 4.79 Å². The highest BCUT2D eigenvalue weighted by molar-refractivity contribution is 6.55. The molecular weight excluding hydrogens is 267 g/mol. The van der Waals surface area contributed by atoms with Crippen molar-refractivity contribution < 1.29 is 14.1 Å². The number of allylic oxidation sites excluding steroid dienone is 3. The largest absolute Gasteiger partial charge is 0.494 e. The van der Waals surface area contributed by atoms with E-state index in [-0.39, 0.29) is 24.5 Å². The Morgan fingerprint density at radius 2 is 1.86 bits per heavy atom. The zero-order chi connectivity index (χ0) is 15.4. The van der Waals surface area contributed by atoms with Crippen LogP contribution >= 0.6 is 0 Å². The van der Waals surface area contributed by atoms with Crippen molar-refractivity contribution in [3.8, 4) is 0 Å². The molecule has 0 saturated carbocycles. The van der Waals surface area contributed by atoms with Gasteiger partial charge in [-0.05, 0) is 45.3 Å². The summed E-state index contributed by atoms with van der Waals surface area (Å²) in [6.45, 7) is 8.17. The monoisotopic (exact) mass is 288 g/mol. The summed E-state index contributed by atoms with van der Waals surface area (Å²) in [6.07, 6.45) is 8.73. The summed E-state index contributed by atoms with van der Waals surface area (Å²) in [4.78, 5) is 15.0. The van der Waals surface area contributed by atoms with Crippen LogP contribution in [0, 0.1) is 0 Å². The third-order valence-corrected chi connectivity index (χ3v) is 4.82. The maximum absolute atomic E-state index is 11.0. The van der Waals surface area contributed by atoms with Crippen molar-refractivity contribution in [3.63, 3.8) is 0 Å². The van der Waals surface area contributed by atoms with Crippen LogP contribution in [0.5, 0.6) is 0 Å². The lowest BCUT2D eigenvalue weighted by atomic mass is 9.76. The van der Waals surface area contributed by atoms with E-state index in [0.29, 0.717) is 5.70 Å². The molecule has 1 atom stereocenters. The van der Waals surface area contributed by atoms with Gasteiger partial charge in [0.05, 0.1) is 16.9 Å². The Kier molecular flexibility index (Phi) is 3.08. The van der Waals surface area contributed by atoms with E-state index < -0.39 is 0 Å². The lowest BCUT2D eigenvalue weighted by Crippen LogP contribution is -2.41. The number of likely N-dealkylation sites (N-methyl/N-ethyl adjacent to an activating group) is 1. The van der Waals surface area contributed by atoms with Gasteiger partial charge in [-0.15, -0.1) is 0 Å². The Hall–Kier alpha value is -1.53. The molecular formula is C15H21BN2O3. The van der Waals surface area contributed by atoms with E-state index in [1.165, 1.54) is 0 Å². The molecule has 1 unspecified atom stereocenters. The first-order valence-electron chi connectivity index (χ1n) is 7.18. The van der Waals surface area contributed by atoms with Gasteiger partial charge in [0.25, 0.3) is 0 Å². The van der Waals surface area contributed by atoms with Crippen LogP contribution in [0.1, 0.15) is 27.7 Å². The second kappa shape index (κ2) is 4.48. The van der Waals surface area contributed by atoms with E-state index in [1.54, 1.807) is 0 Å². The Bertz CT molecular complexity index is 549. The molecule has 0 aromatic carbocycles. The van der Waals surface area contributed by atoms with Crippen molar-refractivity contribution in [1.29, 1.82) is 0 Å². The molecule has 21 heavy (non-hydrogen) atoms. The molecule has 1 fully saturated rings. The Labute approximate surface area is 126 Å². The second-order valence-corrected chi connectivity index (χ2v) is 6.71. The molecule has 0 amide bonds. The molecule has 0 aromatic heterocycles. The summed E-state index contributed by atoms with van der Waals surface area (Å²) in [5, 5.41) is 0. The minimum Gasteiger partial charge on any atom is -0.399 e. The number of nitrogens with zero attached hydrogens (tertiary/aromatic N) is 2. The molecule has 112 valence electrons. The standard InChI is InChI=1S/C15H21BN2O3/c1-14(2)15(3,4)21-16(20-14)11-6-7-18-9-12(10-19)17(5)13(18)8-11/h6-10,13H,1-5H3. The van der Waals surface area contributed by atoms with Gasteiger partial charge in [-0.2, -0.15) is 0 Å².